The lowest BCUT2D eigenvalue weighted by Crippen LogP contribution is -2.12. The molecule has 0 aliphatic carbocycles. The molecule has 20 heavy (non-hydrogen) atoms. The Morgan fingerprint density at radius 2 is 1.90 bits per heavy atom. The van der Waals surface area contributed by atoms with Gasteiger partial charge < -0.3 is 11.1 Å². The maximum atomic E-state index is 11.4. The number of nitrogens with zero attached hydrogens (tertiary/aromatic N) is 1. The van der Waals surface area contributed by atoms with Crippen molar-refractivity contribution in [3.05, 3.63) is 48.2 Å². The SMILES string of the molecule is CS(=O)(=O)c1ccc(Nc2ncccc2C(N)=S)cc1. The van der Waals surface area contributed by atoms with Crippen molar-refractivity contribution in [2.45, 2.75) is 4.90 Å². The largest absolute Gasteiger partial charge is 0.389 e. The molecule has 0 saturated carbocycles. The van der Waals surface area contributed by atoms with Gasteiger partial charge in [-0.05, 0) is 36.4 Å². The lowest BCUT2D eigenvalue weighted by atomic mass is 10.2. The normalized spacial score (nSPS) is 11.1. The highest BCUT2D eigenvalue weighted by atomic mass is 32.2. The molecule has 5 nitrogen and oxygen atoms in total. The third-order valence-electron chi connectivity index (χ3n) is 2.62. The number of aromatic nitrogens is 1. The van der Waals surface area contributed by atoms with E-state index in [1.807, 2.05) is 0 Å². The van der Waals surface area contributed by atoms with E-state index in [1.54, 1.807) is 30.5 Å². The Bertz CT molecular complexity index is 740. The van der Waals surface area contributed by atoms with Crippen LogP contribution in [-0.4, -0.2) is 24.6 Å². The van der Waals surface area contributed by atoms with Crippen molar-refractivity contribution in [2.75, 3.05) is 11.6 Å². The minimum atomic E-state index is -3.20. The monoisotopic (exact) mass is 307 g/mol. The van der Waals surface area contributed by atoms with Crippen molar-refractivity contribution in [2.24, 2.45) is 5.73 Å². The van der Waals surface area contributed by atoms with Crippen molar-refractivity contribution < 1.29 is 8.42 Å². The van der Waals surface area contributed by atoms with Gasteiger partial charge in [0.25, 0.3) is 0 Å². The quantitative estimate of drug-likeness (QED) is 0.839. The number of benzene rings is 1. The summed E-state index contributed by atoms with van der Waals surface area (Å²) in [5.74, 6) is 0.534. The summed E-state index contributed by atoms with van der Waals surface area (Å²) in [5, 5.41) is 3.06. The molecule has 104 valence electrons. The van der Waals surface area contributed by atoms with Gasteiger partial charge >= 0.3 is 0 Å². The van der Waals surface area contributed by atoms with Crippen molar-refractivity contribution in [1.82, 2.24) is 4.98 Å². The summed E-state index contributed by atoms with van der Waals surface area (Å²) in [6, 6.07) is 9.89. The maximum Gasteiger partial charge on any atom is 0.175 e. The minimum absolute atomic E-state index is 0.244. The lowest BCUT2D eigenvalue weighted by molar-refractivity contribution is 0.602. The third kappa shape index (κ3) is 3.31. The van der Waals surface area contributed by atoms with E-state index in [0.29, 0.717) is 17.1 Å². The van der Waals surface area contributed by atoms with E-state index in [-0.39, 0.29) is 9.88 Å². The molecule has 2 aromatic rings. The van der Waals surface area contributed by atoms with E-state index in [4.69, 9.17) is 18.0 Å². The fourth-order valence-corrected chi connectivity index (χ4v) is 2.42. The number of rotatable bonds is 4. The average Bonchev–Trinajstić information content (AvgIpc) is 2.38. The van der Waals surface area contributed by atoms with Crippen LogP contribution in [0.2, 0.25) is 0 Å². The second kappa shape index (κ2) is 5.56. The Hall–Kier alpha value is -1.99. The van der Waals surface area contributed by atoms with Crippen LogP contribution in [0, 0.1) is 0 Å². The molecule has 0 fully saturated rings. The number of nitrogens with two attached hydrogens (primary N) is 1. The van der Waals surface area contributed by atoms with Crippen LogP contribution in [0.5, 0.6) is 0 Å². The zero-order chi connectivity index (χ0) is 14.8. The highest BCUT2D eigenvalue weighted by Crippen LogP contribution is 2.20. The van der Waals surface area contributed by atoms with E-state index < -0.39 is 9.84 Å². The van der Waals surface area contributed by atoms with Gasteiger partial charge in [0.2, 0.25) is 0 Å². The molecule has 1 aromatic heterocycles. The van der Waals surface area contributed by atoms with Gasteiger partial charge in [0.05, 0.1) is 10.5 Å². The Morgan fingerprint density at radius 3 is 2.45 bits per heavy atom. The molecular formula is C13H13N3O2S2. The molecule has 0 bridgehead atoms. The Kier molecular flexibility index (Phi) is 4.01. The molecule has 2 rings (SSSR count). The van der Waals surface area contributed by atoms with Gasteiger partial charge in [-0.15, -0.1) is 0 Å². The number of nitrogens with one attached hydrogen (secondary N) is 1. The lowest BCUT2D eigenvalue weighted by Gasteiger charge is -2.10. The Balaban J connectivity index is 2.30. The van der Waals surface area contributed by atoms with Crippen LogP contribution in [0.15, 0.2) is 47.5 Å². The van der Waals surface area contributed by atoms with Gasteiger partial charge in [0.15, 0.2) is 9.84 Å². The van der Waals surface area contributed by atoms with Crippen LogP contribution in [0.3, 0.4) is 0 Å². The zero-order valence-electron chi connectivity index (χ0n) is 10.7. The number of hydrogen-bond acceptors (Lipinski definition) is 5. The third-order valence-corrected chi connectivity index (χ3v) is 3.97. The summed E-state index contributed by atoms with van der Waals surface area (Å²) in [7, 11) is -3.20. The molecule has 0 spiro atoms. The first-order chi connectivity index (χ1) is 9.38. The summed E-state index contributed by atoms with van der Waals surface area (Å²) in [5.41, 5.74) is 6.96. The molecule has 0 amide bonds. The topological polar surface area (TPSA) is 85.1 Å². The van der Waals surface area contributed by atoms with Crippen LogP contribution in [0.1, 0.15) is 5.56 Å². The smallest absolute Gasteiger partial charge is 0.175 e. The van der Waals surface area contributed by atoms with E-state index in [9.17, 15) is 8.42 Å². The predicted molar refractivity (Wildman–Crippen MR) is 83.0 cm³/mol. The molecule has 0 radical (unpaired) electrons. The highest BCUT2D eigenvalue weighted by Gasteiger charge is 2.08. The first-order valence-electron chi connectivity index (χ1n) is 5.70. The first-order valence-corrected chi connectivity index (χ1v) is 8.00. The Labute approximate surface area is 122 Å². The van der Waals surface area contributed by atoms with Gasteiger partial charge in [-0.25, -0.2) is 13.4 Å². The fraction of sp³-hybridized carbons (Fsp3) is 0.0769. The van der Waals surface area contributed by atoms with Crippen molar-refractivity contribution in [1.29, 1.82) is 0 Å². The number of thiocarbonyl (C=S) groups is 1. The Morgan fingerprint density at radius 1 is 1.25 bits per heavy atom. The number of pyridine rings is 1. The predicted octanol–water partition coefficient (Wildman–Crippen LogP) is 1.86. The van der Waals surface area contributed by atoms with Crippen molar-refractivity contribution in [3.63, 3.8) is 0 Å². The molecule has 0 unspecified atom stereocenters. The summed E-state index contributed by atoms with van der Waals surface area (Å²) >= 11 is 4.95. The van der Waals surface area contributed by atoms with Crippen LogP contribution in [0.25, 0.3) is 0 Å². The second-order valence-electron chi connectivity index (χ2n) is 4.19. The van der Waals surface area contributed by atoms with Gasteiger partial charge in [0, 0.05) is 18.1 Å². The van der Waals surface area contributed by atoms with Gasteiger partial charge in [-0.2, -0.15) is 0 Å². The zero-order valence-corrected chi connectivity index (χ0v) is 12.3. The molecular weight excluding hydrogens is 294 g/mol. The summed E-state index contributed by atoms with van der Waals surface area (Å²) in [4.78, 5) is 4.68. The standard InChI is InChI=1S/C13H13N3O2S2/c1-20(17,18)10-6-4-9(5-7-10)16-13-11(12(14)19)3-2-8-15-13/h2-8H,1H3,(H2,14,19)(H,15,16). The minimum Gasteiger partial charge on any atom is -0.389 e. The van der Waals surface area contributed by atoms with Crippen molar-refractivity contribution in [3.8, 4) is 0 Å². The first kappa shape index (κ1) is 14.4. The van der Waals surface area contributed by atoms with E-state index in [0.717, 1.165) is 0 Å². The second-order valence-corrected chi connectivity index (χ2v) is 6.64. The molecule has 1 heterocycles. The van der Waals surface area contributed by atoms with Crippen LogP contribution >= 0.6 is 12.2 Å². The number of anilines is 2. The summed E-state index contributed by atoms with van der Waals surface area (Å²) in [6.45, 7) is 0. The van der Waals surface area contributed by atoms with Crippen LogP contribution in [-0.2, 0) is 9.84 Å². The maximum absolute atomic E-state index is 11.4. The number of sulfone groups is 1. The van der Waals surface area contributed by atoms with Crippen LogP contribution in [0.4, 0.5) is 11.5 Å². The molecule has 3 N–H and O–H groups in total. The summed E-state index contributed by atoms with van der Waals surface area (Å²) in [6.07, 6.45) is 2.79. The average molecular weight is 307 g/mol. The van der Waals surface area contributed by atoms with Gasteiger partial charge in [0.1, 0.15) is 10.8 Å². The summed E-state index contributed by atoms with van der Waals surface area (Å²) < 4.78 is 22.8. The molecule has 0 saturated heterocycles. The highest BCUT2D eigenvalue weighted by molar-refractivity contribution is 7.90. The number of hydrogen-bond donors (Lipinski definition) is 2. The van der Waals surface area contributed by atoms with Gasteiger partial charge in [-0.3, -0.25) is 0 Å². The fourth-order valence-electron chi connectivity index (χ4n) is 1.63. The van der Waals surface area contributed by atoms with Crippen molar-refractivity contribution >= 4 is 38.5 Å². The molecule has 0 aliphatic heterocycles. The van der Waals surface area contributed by atoms with Gasteiger partial charge in [-0.1, -0.05) is 12.2 Å². The molecule has 1 aromatic carbocycles. The van der Waals surface area contributed by atoms with E-state index in [1.165, 1.54) is 18.4 Å². The molecule has 0 aliphatic rings. The molecule has 7 heteroatoms. The molecule has 0 atom stereocenters. The van der Waals surface area contributed by atoms with Crippen LogP contribution < -0.4 is 11.1 Å². The van der Waals surface area contributed by atoms with E-state index >= 15 is 0 Å². The van der Waals surface area contributed by atoms with E-state index in [2.05, 4.69) is 10.3 Å².